The first-order chi connectivity index (χ1) is 6.86. The zero-order valence-corrected chi connectivity index (χ0v) is 12.0. The predicted molar refractivity (Wildman–Crippen MR) is 69.8 cm³/mol. The van der Waals surface area contributed by atoms with Gasteiger partial charge in [0.05, 0.1) is 8.07 Å². The Morgan fingerprint density at radius 3 is 2.27 bits per heavy atom. The molecule has 0 N–H and O–H groups in total. The summed E-state index contributed by atoms with van der Waals surface area (Å²) in [5, 5.41) is 1.52. The third-order valence-electron chi connectivity index (χ3n) is 2.68. The molecule has 0 atom stereocenters. The van der Waals surface area contributed by atoms with Gasteiger partial charge in [-0.15, -0.1) is 0 Å². The number of hydrogen-bond donors (Lipinski definition) is 0. The predicted octanol–water partition coefficient (Wildman–Crippen LogP) is 3.90. The number of hydrogen-bond acceptors (Lipinski definition) is 1. The van der Waals surface area contributed by atoms with Gasteiger partial charge in [-0.05, 0) is 17.7 Å². The Kier molecular flexibility index (Phi) is 3.82. The molecule has 0 saturated heterocycles. The highest BCUT2D eigenvalue weighted by molar-refractivity contribution is 6.89. The number of furan rings is 1. The minimum absolute atomic E-state index is 0.505. The van der Waals surface area contributed by atoms with Gasteiger partial charge >= 0.3 is 0 Å². The second-order valence-electron chi connectivity index (χ2n) is 5.64. The average molecular weight is 224 g/mol. The molecule has 0 amide bonds. The van der Waals surface area contributed by atoms with Gasteiger partial charge in [-0.25, -0.2) is 0 Å². The van der Waals surface area contributed by atoms with E-state index in [1.165, 1.54) is 17.4 Å². The fourth-order valence-corrected chi connectivity index (χ4v) is 3.37. The molecule has 1 aromatic rings. The maximum atomic E-state index is 5.98. The van der Waals surface area contributed by atoms with E-state index < -0.39 is 8.07 Å². The topological polar surface area (TPSA) is 13.1 Å². The van der Waals surface area contributed by atoms with Gasteiger partial charge in [0.2, 0.25) is 0 Å². The summed E-state index contributed by atoms with van der Waals surface area (Å²) in [5.41, 5.74) is 0. The smallest absolute Gasteiger partial charge is 0.106 e. The summed E-state index contributed by atoms with van der Waals surface area (Å²) in [5.74, 6) is 2.92. The van der Waals surface area contributed by atoms with Crippen molar-refractivity contribution < 1.29 is 4.42 Å². The first kappa shape index (κ1) is 12.6. The third kappa shape index (κ3) is 2.97. The molecular formula is C13H24OSi. The van der Waals surface area contributed by atoms with E-state index in [1.54, 1.807) is 0 Å². The first-order valence-electron chi connectivity index (χ1n) is 5.99. The van der Waals surface area contributed by atoms with Crippen molar-refractivity contribution in [2.75, 3.05) is 0 Å². The zero-order valence-electron chi connectivity index (χ0n) is 11.0. The van der Waals surface area contributed by atoms with Crippen LogP contribution in [-0.2, 0) is 6.42 Å². The molecule has 0 bridgehead atoms. The lowest BCUT2D eigenvalue weighted by atomic mass is 10.2. The molecule has 86 valence electrons. The summed E-state index contributed by atoms with van der Waals surface area (Å²) < 4.78 is 5.98. The van der Waals surface area contributed by atoms with Gasteiger partial charge in [0.1, 0.15) is 11.5 Å². The average Bonchev–Trinajstić information content (AvgIpc) is 2.48. The summed E-state index contributed by atoms with van der Waals surface area (Å²) in [7, 11) is -1.23. The zero-order chi connectivity index (χ0) is 11.6. The van der Waals surface area contributed by atoms with E-state index in [9.17, 15) is 0 Å². The van der Waals surface area contributed by atoms with Crippen LogP contribution in [-0.4, -0.2) is 8.07 Å². The lowest BCUT2D eigenvalue weighted by Gasteiger charge is -2.15. The molecule has 0 aliphatic rings. The summed E-state index contributed by atoms with van der Waals surface area (Å²) in [6.45, 7) is 13.8. The van der Waals surface area contributed by atoms with E-state index >= 15 is 0 Å². The third-order valence-corrected chi connectivity index (χ3v) is 4.72. The van der Waals surface area contributed by atoms with Crippen molar-refractivity contribution in [3.05, 3.63) is 17.6 Å². The van der Waals surface area contributed by atoms with E-state index in [0.29, 0.717) is 5.92 Å². The highest BCUT2D eigenvalue weighted by Crippen LogP contribution is 2.20. The monoisotopic (exact) mass is 224 g/mol. The van der Waals surface area contributed by atoms with Crippen molar-refractivity contribution in [2.45, 2.75) is 59.2 Å². The van der Waals surface area contributed by atoms with Crippen LogP contribution >= 0.6 is 0 Å². The Labute approximate surface area is 94.9 Å². The second-order valence-corrected chi connectivity index (χ2v) is 10.7. The summed E-state index contributed by atoms with van der Waals surface area (Å²) >= 11 is 0. The molecule has 1 aromatic heterocycles. The summed E-state index contributed by atoms with van der Waals surface area (Å²) in [6, 6.07) is 2.31. The van der Waals surface area contributed by atoms with Gasteiger partial charge in [0.25, 0.3) is 0 Å². The normalized spacial score (nSPS) is 12.5. The molecule has 1 rings (SSSR count). The van der Waals surface area contributed by atoms with Crippen LogP contribution in [0.25, 0.3) is 0 Å². The van der Waals surface area contributed by atoms with Gasteiger partial charge < -0.3 is 4.42 Å². The van der Waals surface area contributed by atoms with E-state index in [-0.39, 0.29) is 0 Å². The van der Waals surface area contributed by atoms with Crippen LogP contribution < -0.4 is 5.19 Å². The van der Waals surface area contributed by atoms with Crippen molar-refractivity contribution in [1.82, 2.24) is 0 Å². The van der Waals surface area contributed by atoms with Crippen molar-refractivity contribution >= 4 is 13.3 Å². The highest BCUT2D eigenvalue weighted by atomic mass is 28.3. The standard InChI is InChI=1S/C13H24OSi/c1-7-8-11-13(15(4,5)6)9-12(14-11)10(2)3/h9-10H,7-8H2,1-6H3. The molecule has 0 radical (unpaired) electrons. The van der Waals surface area contributed by atoms with Crippen LogP contribution in [0.4, 0.5) is 0 Å². The largest absolute Gasteiger partial charge is 0.466 e. The second kappa shape index (κ2) is 4.56. The van der Waals surface area contributed by atoms with E-state index in [1.807, 2.05) is 0 Å². The van der Waals surface area contributed by atoms with Crippen LogP contribution in [0.5, 0.6) is 0 Å². The number of rotatable bonds is 4. The van der Waals surface area contributed by atoms with Gasteiger partial charge in [-0.3, -0.25) is 0 Å². The van der Waals surface area contributed by atoms with Gasteiger partial charge in [-0.2, -0.15) is 0 Å². The molecule has 1 nitrogen and oxygen atoms in total. The van der Waals surface area contributed by atoms with Crippen LogP contribution in [0.15, 0.2) is 10.5 Å². The molecule has 0 aliphatic carbocycles. The van der Waals surface area contributed by atoms with Crippen LogP contribution in [0.1, 0.15) is 44.6 Å². The Morgan fingerprint density at radius 2 is 1.87 bits per heavy atom. The summed E-state index contributed by atoms with van der Waals surface area (Å²) in [4.78, 5) is 0. The Morgan fingerprint density at radius 1 is 1.27 bits per heavy atom. The summed E-state index contributed by atoms with van der Waals surface area (Å²) in [6.07, 6.45) is 2.26. The molecule has 0 fully saturated rings. The SMILES string of the molecule is CCCc1oc(C(C)C)cc1[Si](C)(C)C. The minimum atomic E-state index is -1.23. The molecule has 2 heteroatoms. The molecule has 0 spiro atoms. The van der Waals surface area contributed by atoms with Gasteiger partial charge in [0.15, 0.2) is 0 Å². The van der Waals surface area contributed by atoms with Crippen LogP contribution in [0.3, 0.4) is 0 Å². The van der Waals surface area contributed by atoms with E-state index in [0.717, 1.165) is 12.2 Å². The first-order valence-corrected chi connectivity index (χ1v) is 9.49. The fourth-order valence-electron chi connectivity index (χ4n) is 1.78. The lowest BCUT2D eigenvalue weighted by Crippen LogP contribution is -2.38. The molecule has 0 aromatic carbocycles. The molecular weight excluding hydrogens is 200 g/mol. The van der Waals surface area contributed by atoms with Crippen molar-refractivity contribution in [3.63, 3.8) is 0 Å². The van der Waals surface area contributed by atoms with Crippen LogP contribution in [0, 0.1) is 0 Å². The lowest BCUT2D eigenvalue weighted by molar-refractivity contribution is 0.447. The molecule has 0 saturated carbocycles. The molecule has 1 heterocycles. The van der Waals surface area contributed by atoms with Crippen molar-refractivity contribution in [3.8, 4) is 0 Å². The molecule has 0 unspecified atom stereocenters. The number of aryl methyl sites for hydroxylation is 1. The van der Waals surface area contributed by atoms with Crippen LogP contribution in [0.2, 0.25) is 19.6 Å². The minimum Gasteiger partial charge on any atom is -0.466 e. The maximum Gasteiger partial charge on any atom is 0.106 e. The maximum absolute atomic E-state index is 5.98. The Bertz CT molecular complexity index is 318. The Balaban J connectivity index is 3.12. The van der Waals surface area contributed by atoms with Crippen molar-refractivity contribution in [2.24, 2.45) is 0 Å². The van der Waals surface area contributed by atoms with E-state index in [4.69, 9.17) is 4.42 Å². The van der Waals surface area contributed by atoms with Gasteiger partial charge in [0, 0.05) is 12.3 Å². The quantitative estimate of drug-likeness (QED) is 0.707. The Hall–Kier alpha value is -0.503. The molecule has 0 aliphatic heterocycles. The van der Waals surface area contributed by atoms with E-state index in [2.05, 4.69) is 46.5 Å². The highest BCUT2D eigenvalue weighted by Gasteiger charge is 2.24. The fraction of sp³-hybridized carbons (Fsp3) is 0.692. The molecule has 15 heavy (non-hydrogen) atoms. The van der Waals surface area contributed by atoms with Crippen molar-refractivity contribution in [1.29, 1.82) is 0 Å². The van der Waals surface area contributed by atoms with Gasteiger partial charge in [-0.1, -0.05) is 40.4 Å².